The Kier molecular flexibility index (Phi) is 6.01. The first-order chi connectivity index (χ1) is 14.4. The Labute approximate surface area is 170 Å². The van der Waals surface area contributed by atoms with Gasteiger partial charge in [0.05, 0.1) is 17.4 Å². The summed E-state index contributed by atoms with van der Waals surface area (Å²) in [7, 11) is 0. The third-order valence-corrected chi connectivity index (χ3v) is 4.06. The number of nitrogens with one attached hydrogen (secondary N) is 1. The second-order valence-corrected chi connectivity index (χ2v) is 6.13. The van der Waals surface area contributed by atoms with Gasteiger partial charge in [0.15, 0.2) is 0 Å². The molecule has 11 heteroatoms. The highest BCUT2D eigenvalue weighted by molar-refractivity contribution is 5.91. The molecule has 0 bridgehead atoms. The number of aryl methyl sites for hydroxylation is 1. The predicted molar refractivity (Wildman–Crippen MR) is 104 cm³/mol. The van der Waals surface area contributed by atoms with Crippen LogP contribution in [0.5, 0.6) is 5.75 Å². The van der Waals surface area contributed by atoms with E-state index in [1.165, 1.54) is 37.1 Å². The molecule has 0 saturated heterocycles. The minimum Gasteiger partial charge on any atom is -0.457 e. The number of amides is 1. The molecule has 0 spiro atoms. The van der Waals surface area contributed by atoms with Gasteiger partial charge in [-0.2, -0.15) is 10.2 Å². The lowest BCUT2D eigenvalue weighted by Gasteiger charge is -2.06. The van der Waals surface area contributed by atoms with Gasteiger partial charge >= 0.3 is 11.7 Å². The smallest absolute Gasteiger partial charge is 0.379 e. The molecular formula is C19H17N5O6. The first-order valence-corrected chi connectivity index (χ1v) is 8.72. The van der Waals surface area contributed by atoms with Gasteiger partial charge in [-0.25, -0.2) is 10.2 Å². The Morgan fingerprint density at radius 1 is 1.30 bits per heavy atom. The first kappa shape index (κ1) is 20.5. The number of nitrogens with zero attached hydrogens (tertiary/aromatic N) is 4. The fourth-order valence-corrected chi connectivity index (χ4v) is 2.68. The van der Waals surface area contributed by atoms with Gasteiger partial charge in [-0.3, -0.25) is 19.6 Å². The van der Waals surface area contributed by atoms with Gasteiger partial charge < -0.3 is 9.15 Å². The number of furan rings is 1. The molecule has 0 aliphatic rings. The fourth-order valence-electron chi connectivity index (χ4n) is 2.68. The second-order valence-electron chi connectivity index (χ2n) is 6.13. The Hall–Kier alpha value is -4.28. The number of hydrogen-bond donors (Lipinski definition) is 1. The van der Waals surface area contributed by atoms with Crippen molar-refractivity contribution in [1.82, 2.24) is 15.2 Å². The van der Waals surface area contributed by atoms with Crippen molar-refractivity contribution < 1.29 is 23.7 Å². The molecule has 0 fully saturated rings. The number of nitro groups is 1. The van der Waals surface area contributed by atoms with Crippen LogP contribution in [0.25, 0.3) is 0 Å². The van der Waals surface area contributed by atoms with Crippen LogP contribution in [0.4, 0.5) is 5.69 Å². The fraction of sp³-hybridized carbons (Fsp3) is 0.158. The van der Waals surface area contributed by atoms with Crippen LogP contribution >= 0.6 is 0 Å². The summed E-state index contributed by atoms with van der Waals surface area (Å²) in [5.74, 6) is -0.923. The second kappa shape index (κ2) is 8.82. The molecule has 0 atom stereocenters. The van der Waals surface area contributed by atoms with Gasteiger partial charge in [0.25, 0.3) is 5.91 Å². The number of aromatic nitrogens is 2. The maximum absolute atomic E-state index is 12.1. The van der Waals surface area contributed by atoms with E-state index in [-0.39, 0.29) is 35.1 Å². The number of para-hydroxylation sites is 1. The quantitative estimate of drug-likeness (QED) is 0.207. The number of carbonyl (C=O) groups is 2. The van der Waals surface area contributed by atoms with Gasteiger partial charge in [-0.05, 0) is 38.1 Å². The summed E-state index contributed by atoms with van der Waals surface area (Å²) in [6, 6.07) is 9.64. The zero-order valence-corrected chi connectivity index (χ0v) is 16.1. The number of hydrazone groups is 1. The summed E-state index contributed by atoms with van der Waals surface area (Å²) >= 11 is 0. The first-order valence-electron chi connectivity index (χ1n) is 8.72. The number of benzene rings is 1. The predicted octanol–water partition coefficient (Wildman–Crippen LogP) is 2.37. The van der Waals surface area contributed by atoms with Crippen molar-refractivity contribution in [3.05, 3.63) is 75.5 Å². The van der Waals surface area contributed by atoms with E-state index >= 15 is 0 Å². The summed E-state index contributed by atoms with van der Waals surface area (Å²) in [5, 5.41) is 18.9. The number of carbonyl (C=O) groups excluding carboxylic acids is 2. The zero-order valence-electron chi connectivity index (χ0n) is 16.1. The van der Waals surface area contributed by atoms with Crippen molar-refractivity contribution in [2.45, 2.75) is 20.4 Å². The lowest BCUT2D eigenvalue weighted by atomic mass is 10.2. The summed E-state index contributed by atoms with van der Waals surface area (Å²) in [5.41, 5.74) is 3.12. The monoisotopic (exact) mass is 411 g/mol. The molecule has 30 heavy (non-hydrogen) atoms. The topological polar surface area (TPSA) is 142 Å². The lowest BCUT2D eigenvalue weighted by molar-refractivity contribution is -0.386. The molecular weight excluding hydrogens is 394 g/mol. The molecule has 1 amide bonds. The highest BCUT2D eigenvalue weighted by Crippen LogP contribution is 2.21. The Bertz CT molecular complexity index is 1120. The van der Waals surface area contributed by atoms with E-state index in [2.05, 4.69) is 15.6 Å². The Balaban J connectivity index is 1.64. The summed E-state index contributed by atoms with van der Waals surface area (Å²) in [6.45, 7) is 2.77. The van der Waals surface area contributed by atoms with Crippen LogP contribution in [0.3, 0.4) is 0 Å². The van der Waals surface area contributed by atoms with Crippen molar-refractivity contribution in [1.29, 1.82) is 0 Å². The van der Waals surface area contributed by atoms with Crippen LogP contribution in [0.15, 0.2) is 52.2 Å². The van der Waals surface area contributed by atoms with Crippen LogP contribution in [0, 0.1) is 24.0 Å². The van der Waals surface area contributed by atoms with Crippen LogP contribution < -0.4 is 10.2 Å². The molecule has 0 aliphatic heterocycles. The molecule has 0 unspecified atom stereocenters. The van der Waals surface area contributed by atoms with Crippen LogP contribution in [0.2, 0.25) is 0 Å². The average molecular weight is 411 g/mol. The normalized spacial score (nSPS) is 10.9. The van der Waals surface area contributed by atoms with Crippen molar-refractivity contribution in [2.24, 2.45) is 5.10 Å². The van der Waals surface area contributed by atoms with Gasteiger partial charge in [-0.15, -0.1) is 0 Å². The minimum absolute atomic E-state index is 0.0500. The average Bonchev–Trinajstić information content (AvgIpc) is 3.32. The molecule has 3 aromatic rings. The van der Waals surface area contributed by atoms with E-state index in [0.29, 0.717) is 5.56 Å². The van der Waals surface area contributed by atoms with Crippen molar-refractivity contribution >= 4 is 23.8 Å². The van der Waals surface area contributed by atoms with Crippen LogP contribution in [0.1, 0.15) is 27.5 Å². The molecule has 2 aromatic heterocycles. The van der Waals surface area contributed by atoms with Gasteiger partial charge in [0.1, 0.15) is 23.7 Å². The maximum Gasteiger partial charge on any atom is 0.379 e. The molecule has 0 saturated carbocycles. The minimum atomic E-state index is -0.670. The Morgan fingerprint density at radius 2 is 2.07 bits per heavy atom. The Morgan fingerprint density at radius 3 is 2.73 bits per heavy atom. The lowest BCUT2D eigenvalue weighted by Crippen LogP contribution is -2.24. The van der Waals surface area contributed by atoms with E-state index in [4.69, 9.17) is 9.15 Å². The van der Waals surface area contributed by atoms with E-state index in [0.717, 1.165) is 0 Å². The molecule has 154 valence electrons. The highest BCUT2D eigenvalue weighted by atomic mass is 16.6. The largest absolute Gasteiger partial charge is 0.457 e. The molecule has 1 aromatic carbocycles. The summed E-state index contributed by atoms with van der Waals surface area (Å²) in [6.07, 6.45) is 2.67. The highest BCUT2D eigenvalue weighted by Gasteiger charge is 2.22. The van der Waals surface area contributed by atoms with E-state index < -0.39 is 16.8 Å². The van der Waals surface area contributed by atoms with Crippen molar-refractivity contribution in [2.75, 3.05) is 0 Å². The van der Waals surface area contributed by atoms with E-state index in [1.54, 1.807) is 30.3 Å². The molecule has 3 rings (SSSR count). The molecule has 2 heterocycles. The zero-order chi connectivity index (χ0) is 21.7. The van der Waals surface area contributed by atoms with E-state index in [1.807, 2.05) is 0 Å². The molecule has 1 N–H and O–H groups in total. The third-order valence-electron chi connectivity index (χ3n) is 4.06. The molecule has 0 aliphatic carbocycles. The number of ether oxygens (including phenoxy) is 1. The van der Waals surface area contributed by atoms with Gasteiger partial charge in [0, 0.05) is 5.56 Å². The molecule has 11 nitrogen and oxygen atoms in total. The SMILES string of the molecule is Cc1nn(CC(=O)N/N=C/c2ccccc2OC(=O)c2ccco2)c(C)c1[N+](=O)[O-]. The van der Waals surface area contributed by atoms with E-state index in [9.17, 15) is 19.7 Å². The summed E-state index contributed by atoms with van der Waals surface area (Å²) < 4.78 is 11.5. The third kappa shape index (κ3) is 4.58. The summed E-state index contributed by atoms with van der Waals surface area (Å²) in [4.78, 5) is 34.6. The standard InChI is InChI=1S/C19H17N5O6/c1-12-18(24(27)28)13(2)23(22-12)11-17(25)21-20-10-14-6-3-4-7-15(14)30-19(26)16-8-5-9-29-16/h3-10H,11H2,1-2H3,(H,21,25)/b20-10+. The van der Waals surface area contributed by atoms with Crippen molar-refractivity contribution in [3.8, 4) is 5.75 Å². The van der Waals surface area contributed by atoms with Crippen LogP contribution in [-0.2, 0) is 11.3 Å². The number of esters is 1. The maximum atomic E-state index is 12.1. The van der Waals surface area contributed by atoms with Crippen molar-refractivity contribution in [3.63, 3.8) is 0 Å². The van der Waals surface area contributed by atoms with Gasteiger partial charge in [0.2, 0.25) is 5.76 Å². The number of hydrogen-bond acceptors (Lipinski definition) is 8. The molecule has 0 radical (unpaired) electrons. The van der Waals surface area contributed by atoms with Gasteiger partial charge in [-0.1, -0.05) is 12.1 Å². The number of rotatable bonds is 7. The van der Waals surface area contributed by atoms with Crippen LogP contribution in [-0.4, -0.2) is 32.8 Å².